The summed E-state index contributed by atoms with van der Waals surface area (Å²) < 4.78 is 0. The van der Waals surface area contributed by atoms with Gasteiger partial charge in [-0.15, -0.1) is 0 Å². The minimum atomic E-state index is 0.515. The van der Waals surface area contributed by atoms with Gasteiger partial charge in [0.25, 0.3) is 0 Å². The Balaban J connectivity index is 2.78. The Morgan fingerprint density at radius 1 is 1.55 bits per heavy atom. The molecule has 0 aliphatic rings. The summed E-state index contributed by atoms with van der Waals surface area (Å²) in [5.74, 6) is 0.515. The Kier molecular flexibility index (Phi) is 2.28. The lowest BCUT2D eigenvalue weighted by Crippen LogP contribution is -2.20. The molecule has 11 heavy (non-hydrogen) atoms. The van der Waals surface area contributed by atoms with E-state index in [1.165, 1.54) is 0 Å². The van der Waals surface area contributed by atoms with E-state index >= 15 is 0 Å². The molecule has 0 aromatic carbocycles. The van der Waals surface area contributed by atoms with Crippen LogP contribution in [-0.2, 0) is 0 Å². The van der Waals surface area contributed by atoms with E-state index in [2.05, 4.69) is 10.4 Å². The van der Waals surface area contributed by atoms with Gasteiger partial charge in [0.2, 0.25) is 0 Å². The predicted molar refractivity (Wildman–Crippen MR) is 46.0 cm³/mol. The van der Waals surface area contributed by atoms with Crippen LogP contribution in [0.15, 0.2) is 18.3 Å². The van der Waals surface area contributed by atoms with Crippen molar-refractivity contribution in [3.8, 4) is 0 Å². The second-order valence-electron chi connectivity index (χ2n) is 2.44. The van der Waals surface area contributed by atoms with Crippen molar-refractivity contribution in [2.24, 2.45) is 0 Å². The molecule has 1 rings (SSSR count). The molecule has 1 heterocycles. The number of nitrogen functional groups attached to an aromatic ring is 1. The largest absolute Gasteiger partial charge is 0.382 e. The number of nitrogens with two attached hydrogens (primary N) is 1. The number of anilines is 2. The maximum atomic E-state index is 5.57. The maximum Gasteiger partial charge on any atom is 0.148 e. The molecule has 0 spiro atoms. The van der Waals surface area contributed by atoms with E-state index in [1.807, 2.05) is 31.2 Å². The molecular weight excluding hydrogens is 140 g/mol. The highest BCUT2D eigenvalue weighted by molar-refractivity contribution is 5.60. The van der Waals surface area contributed by atoms with Crippen molar-refractivity contribution < 1.29 is 0 Å². The van der Waals surface area contributed by atoms with Crippen molar-refractivity contribution in [2.75, 3.05) is 25.3 Å². The molecule has 4 nitrogen and oxygen atoms in total. The number of pyridine rings is 1. The molecule has 0 aliphatic heterocycles. The summed E-state index contributed by atoms with van der Waals surface area (Å²) in [4.78, 5) is 3.92. The zero-order valence-corrected chi connectivity index (χ0v) is 6.70. The van der Waals surface area contributed by atoms with Crippen molar-refractivity contribution in [1.82, 2.24) is 9.99 Å². The van der Waals surface area contributed by atoms with E-state index in [4.69, 9.17) is 5.73 Å². The average molecular weight is 152 g/mol. The molecule has 0 saturated carbocycles. The van der Waals surface area contributed by atoms with Crippen LogP contribution in [0.1, 0.15) is 0 Å². The molecule has 3 N–H and O–H groups in total. The zero-order chi connectivity index (χ0) is 8.27. The van der Waals surface area contributed by atoms with E-state index in [1.54, 1.807) is 6.20 Å². The Hall–Kier alpha value is -1.29. The van der Waals surface area contributed by atoms with Gasteiger partial charge in [-0.05, 0) is 12.1 Å². The lowest BCUT2D eigenvalue weighted by atomic mass is 10.4. The van der Waals surface area contributed by atoms with Crippen molar-refractivity contribution in [2.45, 2.75) is 0 Å². The average Bonchev–Trinajstić information content (AvgIpc) is 1.93. The third-order valence-electron chi connectivity index (χ3n) is 1.18. The fraction of sp³-hybridized carbons (Fsp3) is 0.286. The number of hydrazine groups is 1. The van der Waals surface area contributed by atoms with Crippen LogP contribution in [0.5, 0.6) is 0 Å². The zero-order valence-electron chi connectivity index (χ0n) is 6.70. The van der Waals surface area contributed by atoms with Crippen molar-refractivity contribution >= 4 is 11.5 Å². The number of nitrogens with zero attached hydrogens (tertiary/aromatic N) is 2. The molecule has 0 radical (unpaired) electrons. The summed E-state index contributed by atoms with van der Waals surface area (Å²) in [7, 11) is 3.79. The SMILES string of the molecule is CN(C)Nc1cccnc1N. The second-order valence-corrected chi connectivity index (χ2v) is 2.44. The number of hydrogen-bond donors (Lipinski definition) is 2. The van der Waals surface area contributed by atoms with Crippen LogP contribution in [-0.4, -0.2) is 24.1 Å². The van der Waals surface area contributed by atoms with Gasteiger partial charge >= 0.3 is 0 Å². The standard InChI is InChI=1S/C7H12N4/c1-11(2)10-6-4-3-5-9-7(6)8/h3-5,10H,1-2H3,(H2,8,9). The number of nitrogens with one attached hydrogen (secondary N) is 1. The summed E-state index contributed by atoms with van der Waals surface area (Å²) in [6, 6.07) is 3.71. The van der Waals surface area contributed by atoms with Gasteiger partial charge in [0.1, 0.15) is 5.82 Å². The summed E-state index contributed by atoms with van der Waals surface area (Å²) in [6.45, 7) is 0. The first kappa shape index (κ1) is 7.81. The first-order chi connectivity index (χ1) is 5.20. The van der Waals surface area contributed by atoms with Gasteiger partial charge in [-0.3, -0.25) is 0 Å². The van der Waals surface area contributed by atoms with Gasteiger partial charge in [-0.25, -0.2) is 9.99 Å². The van der Waals surface area contributed by atoms with Gasteiger partial charge in [0.05, 0.1) is 5.69 Å². The summed E-state index contributed by atoms with van der Waals surface area (Å²) >= 11 is 0. The lowest BCUT2D eigenvalue weighted by Gasteiger charge is -2.13. The molecule has 0 atom stereocenters. The summed E-state index contributed by atoms with van der Waals surface area (Å²) in [6.07, 6.45) is 1.66. The normalized spacial score (nSPS) is 10.1. The Bertz CT molecular complexity index is 234. The van der Waals surface area contributed by atoms with Crippen LogP contribution in [0.4, 0.5) is 11.5 Å². The number of aromatic nitrogens is 1. The highest BCUT2D eigenvalue weighted by atomic mass is 15.5. The third kappa shape index (κ3) is 2.09. The molecule has 4 heteroatoms. The van der Waals surface area contributed by atoms with Gasteiger partial charge < -0.3 is 11.2 Å². The lowest BCUT2D eigenvalue weighted by molar-refractivity contribution is 0.495. The molecule has 60 valence electrons. The predicted octanol–water partition coefficient (Wildman–Crippen LogP) is 0.552. The highest BCUT2D eigenvalue weighted by Gasteiger charge is 1.96. The fourth-order valence-corrected chi connectivity index (χ4v) is 0.753. The molecular formula is C7H12N4. The molecule has 0 unspecified atom stereocenters. The van der Waals surface area contributed by atoms with Crippen LogP contribution >= 0.6 is 0 Å². The molecule has 1 aromatic heterocycles. The van der Waals surface area contributed by atoms with E-state index < -0.39 is 0 Å². The highest BCUT2D eigenvalue weighted by Crippen LogP contribution is 2.12. The molecule has 1 aromatic rings. The summed E-state index contributed by atoms with van der Waals surface area (Å²) in [5.41, 5.74) is 9.42. The van der Waals surface area contributed by atoms with Crippen molar-refractivity contribution in [3.05, 3.63) is 18.3 Å². The first-order valence-electron chi connectivity index (χ1n) is 3.34. The van der Waals surface area contributed by atoms with Gasteiger partial charge in [-0.1, -0.05) is 0 Å². The van der Waals surface area contributed by atoms with Crippen LogP contribution in [0.2, 0.25) is 0 Å². The maximum absolute atomic E-state index is 5.57. The van der Waals surface area contributed by atoms with Crippen LogP contribution < -0.4 is 11.2 Å². The van der Waals surface area contributed by atoms with Crippen molar-refractivity contribution in [3.63, 3.8) is 0 Å². The molecule has 0 bridgehead atoms. The van der Waals surface area contributed by atoms with E-state index in [0.717, 1.165) is 5.69 Å². The Morgan fingerprint density at radius 3 is 2.82 bits per heavy atom. The van der Waals surface area contributed by atoms with Gasteiger partial charge in [0, 0.05) is 20.3 Å². The Labute approximate surface area is 66.0 Å². The van der Waals surface area contributed by atoms with Crippen LogP contribution in [0, 0.1) is 0 Å². The van der Waals surface area contributed by atoms with E-state index in [-0.39, 0.29) is 0 Å². The minimum absolute atomic E-state index is 0.515. The van der Waals surface area contributed by atoms with E-state index in [0.29, 0.717) is 5.82 Å². The quantitative estimate of drug-likeness (QED) is 0.608. The molecule has 0 saturated heterocycles. The van der Waals surface area contributed by atoms with Crippen LogP contribution in [0.25, 0.3) is 0 Å². The van der Waals surface area contributed by atoms with Gasteiger partial charge in [0.15, 0.2) is 0 Å². The smallest absolute Gasteiger partial charge is 0.148 e. The second kappa shape index (κ2) is 3.21. The minimum Gasteiger partial charge on any atom is -0.382 e. The van der Waals surface area contributed by atoms with Gasteiger partial charge in [-0.2, -0.15) is 0 Å². The molecule has 0 amide bonds. The van der Waals surface area contributed by atoms with E-state index in [9.17, 15) is 0 Å². The summed E-state index contributed by atoms with van der Waals surface area (Å²) in [5, 5.41) is 1.81. The van der Waals surface area contributed by atoms with Crippen LogP contribution in [0.3, 0.4) is 0 Å². The number of hydrogen-bond acceptors (Lipinski definition) is 4. The fourth-order valence-electron chi connectivity index (χ4n) is 0.753. The molecule has 0 fully saturated rings. The molecule has 0 aliphatic carbocycles. The monoisotopic (exact) mass is 152 g/mol. The van der Waals surface area contributed by atoms with Crippen molar-refractivity contribution in [1.29, 1.82) is 0 Å². The third-order valence-corrected chi connectivity index (χ3v) is 1.18. The topological polar surface area (TPSA) is 54.2 Å². The Morgan fingerprint density at radius 2 is 2.27 bits per heavy atom. The first-order valence-corrected chi connectivity index (χ1v) is 3.34. The number of rotatable bonds is 2.